The van der Waals surface area contributed by atoms with Gasteiger partial charge in [0.1, 0.15) is 23.6 Å². The molecule has 0 aliphatic heterocycles. The maximum Gasteiger partial charge on any atom is 0.250 e. The van der Waals surface area contributed by atoms with Crippen LogP contribution in [-0.2, 0) is 22.7 Å². The van der Waals surface area contributed by atoms with E-state index >= 15 is 0 Å². The number of amides is 2. The van der Waals surface area contributed by atoms with Gasteiger partial charge in [-0.05, 0) is 54.8 Å². The molecule has 0 radical (unpaired) electrons. The van der Waals surface area contributed by atoms with Crippen LogP contribution in [0.5, 0.6) is 5.75 Å². The maximum absolute atomic E-state index is 13.9. The van der Waals surface area contributed by atoms with Gasteiger partial charge in [0, 0.05) is 12.6 Å². The van der Waals surface area contributed by atoms with Crippen LogP contribution in [0.1, 0.15) is 49.5 Å². The van der Waals surface area contributed by atoms with Crippen molar-refractivity contribution in [3.8, 4) is 5.75 Å². The largest absolute Gasteiger partial charge is 0.497 e. The Kier molecular flexibility index (Phi) is 7.49. The predicted molar refractivity (Wildman–Crippen MR) is 138 cm³/mol. The lowest BCUT2D eigenvalue weighted by atomic mass is 9.95. The number of fused-ring (bicyclic) bond motifs is 1. The van der Waals surface area contributed by atoms with E-state index in [1.165, 1.54) is 12.7 Å². The summed E-state index contributed by atoms with van der Waals surface area (Å²) in [6, 6.07) is 17.6. The first kappa shape index (κ1) is 24.5. The first-order chi connectivity index (χ1) is 18.1. The molecule has 9 heteroatoms. The number of aromatic nitrogens is 3. The first-order valence-electron chi connectivity index (χ1n) is 12.7. The summed E-state index contributed by atoms with van der Waals surface area (Å²) in [5.41, 5.74) is 2.32. The highest BCUT2D eigenvalue weighted by Crippen LogP contribution is 2.27. The Bertz CT molecular complexity index is 1330. The predicted octanol–water partition coefficient (Wildman–Crippen LogP) is 4.25. The molecule has 9 nitrogen and oxygen atoms in total. The normalized spacial score (nSPS) is 14.8. The molecule has 1 saturated carbocycles. The molecule has 5 rings (SSSR count). The number of benzene rings is 2. The number of nitrogens with one attached hydrogen (secondary N) is 1. The molecule has 1 aliphatic carbocycles. The lowest BCUT2D eigenvalue weighted by Crippen LogP contribution is -2.47. The Labute approximate surface area is 215 Å². The molecule has 0 bridgehead atoms. The van der Waals surface area contributed by atoms with E-state index in [4.69, 9.17) is 9.15 Å². The second-order valence-corrected chi connectivity index (χ2v) is 9.37. The fourth-order valence-electron chi connectivity index (χ4n) is 4.90. The van der Waals surface area contributed by atoms with Crippen molar-refractivity contribution < 1.29 is 18.7 Å². The summed E-state index contributed by atoms with van der Waals surface area (Å²) in [4.78, 5) is 29.2. The molecular weight excluding hydrogens is 470 g/mol. The van der Waals surface area contributed by atoms with Crippen molar-refractivity contribution in [2.24, 2.45) is 0 Å². The van der Waals surface area contributed by atoms with E-state index in [0.29, 0.717) is 17.0 Å². The molecule has 0 unspecified atom stereocenters. The number of nitrogens with zero attached hydrogens (tertiary/aromatic N) is 4. The van der Waals surface area contributed by atoms with Gasteiger partial charge in [0.2, 0.25) is 5.91 Å². The van der Waals surface area contributed by atoms with Crippen molar-refractivity contribution in [2.45, 2.75) is 57.3 Å². The molecule has 0 saturated heterocycles. The van der Waals surface area contributed by atoms with Crippen LogP contribution in [0.2, 0.25) is 0 Å². The highest BCUT2D eigenvalue weighted by atomic mass is 16.5. The van der Waals surface area contributed by atoms with Gasteiger partial charge < -0.3 is 19.4 Å². The Morgan fingerprint density at radius 3 is 2.59 bits per heavy atom. The van der Waals surface area contributed by atoms with Crippen LogP contribution < -0.4 is 10.1 Å². The van der Waals surface area contributed by atoms with E-state index in [2.05, 4.69) is 15.6 Å². The molecule has 37 heavy (non-hydrogen) atoms. The number of rotatable bonds is 9. The van der Waals surface area contributed by atoms with Crippen LogP contribution in [0.15, 0.2) is 71.3 Å². The molecule has 2 amide bonds. The summed E-state index contributed by atoms with van der Waals surface area (Å²) in [6.07, 6.45) is 6.76. The number of ether oxygens (including phenoxy) is 1. The number of carbonyl (C=O) groups excluding carboxylic acids is 2. The zero-order valence-electron chi connectivity index (χ0n) is 20.9. The number of carbonyl (C=O) groups is 2. The van der Waals surface area contributed by atoms with Gasteiger partial charge in [0.25, 0.3) is 5.91 Å². The lowest BCUT2D eigenvalue weighted by molar-refractivity contribution is -0.143. The molecule has 2 aromatic carbocycles. The molecule has 1 aliphatic rings. The Hall–Kier alpha value is -4.14. The van der Waals surface area contributed by atoms with Crippen molar-refractivity contribution in [3.63, 3.8) is 0 Å². The van der Waals surface area contributed by atoms with Crippen LogP contribution in [0.4, 0.5) is 0 Å². The molecule has 4 aromatic rings. The van der Waals surface area contributed by atoms with E-state index < -0.39 is 6.04 Å². The van der Waals surface area contributed by atoms with Gasteiger partial charge in [-0.1, -0.05) is 48.7 Å². The number of para-hydroxylation sites is 1. The van der Waals surface area contributed by atoms with Crippen LogP contribution in [0, 0.1) is 0 Å². The molecule has 0 spiro atoms. The van der Waals surface area contributed by atoms with Crippen LogP contribution in [0.3, 0.4) is 0 Å². The van der Waals surface area contributed by atoms with Gasteiger partial charge >= 0.3 is 0 Å². The third-order valence-corrected chi connectivity index (χ3v) is 6.86. The van der Waals surface area contributed by atoms with E-state index in [0.717, 1.165) is 36.8 Å². The standard InChI is InChI=1S/C28H31N5O4/c1-36-22-15-13-20(14-16-22)18-32(26(34)19-33-24-11-6-5-10-23(24)30-31-33)27(25-12-7-17-37-25)28(35)29-21-8-3-2-4-9-21/h5-7,10-17,21,27H,2-4,8-9,18-19H2,1H3,(H,29,35)/t27-/m1/s1. The van der Waals surface area contributed by atoms with E-state index in [1.807, 2.05) is 48.5 Å². The van der Waals surface area contributed by atoms with Crippen molar-refractivity contribution in [1.82, 2.24) is 25.2 Å². The van der Waals surface area contributed by atoms with Gasteiger partial charge in [-0.25, -0.2) is 4.68 Å². The number of methoxy groups -OCH3 is 1. The topological polar surface area (TPSA) is 102 Å². The Balaban J connectivity index is 1.47. The van der Waals surface area contributed by atoms with Crippen LogP contribution in [0.25, 0.3) is 11.0 Å². The van der Waals surface area contributed by atoms with Gasteiger partial charge in [-0.3, -0.25) is 9.59 Å². The van der Waals surface area contributed by atoms with Gasteiger partial charge in [0.15, 0.2) is 6.04 Å². The molecule has 2 aromatic heterocycles. The molecule has 1 atom stereocenters. The second-order valence-electron chi connectivity index (χ2n) is 9.37. The Morgan fingerprint density at radius 2 is 1.86 bits per heavy atom. The minimum Gasteiger partial charge on any atom is -0.497 e. The van der Waals surface area contributed by atoms with E-state index in [1.54, 1.807) is 28.8 Å². The molecular formula is C28H31N5O4. The molecule has 192 valence electrons. The molecule has 1 N–H and O–H groups in total. The maximum atomic E-state index is 13.9. The van der Waals surface area contributed by atoms with Gasteiger partial charge in [-0.2, -0.15) is 0 Å². The second kappa shape index (κ2) is 11.3. The summed E-state index contributed by atoms with van der Waals surface area (Å²) in [5.74, 6) is 0.616. The zero-order valence-corrected chi connectivity index (χ0v) is 20.9. The minimum absolute atomic E-state index is 0.0649. The van der Waals surface area contributed by atoms with E-state index in [-0.39, 0.29) is 30.9 Å². The number of hydrogen-bond acceptors (Lipinski definition) is 6. The number of furan rings is 1. The summed E-state index contributed by atoms with van der Waals surface area (Å²) < 4.78 is 12.6. The minimum atomic E-state index is -0.929. The average molecular weight is 502 g/mol. The highest BCUT2D eigenvalue weighted by molar-refractivity contribution is 5.89. The average Bonchev–Trinajstić information content (AvgIpc) is 3.60. The zero-order chi connectivity index (χ0) is 25.6. The Morgan fingerprint density at radius 1 is 1.08 bits per heavy atom. The first-order valence-corrected chi connectivity index (χ1v) is 12.7. The SMILES string of the molecule is COc1ccc(CN(C(=O)Cn2nnc3ccccc32)[C@@H](C(=O)NC2CCCCC2)c2ccco2)cc1. The molecule has 1 fully saturated rings. The summed E-state index contributed by atoms with van der Waals surface area (Å²) >= 11 is 0. The monoisotopic (exact) mass is 501 g/mol. The van der Waals surface area contributed by atoms with Gasteiger partial charge in [-0.15, -0.1) is 5.10 Å². The third kappa shape index (κ3) is 5.66. The fraction of sp³-hybridized carbons (Fsp3) is 0.357. The fourth-order valence-corrected chi connectivity index (χ4v) is 4.90. The highest BCUT2D eigenvalue weighted by Gasteiger charge is 2.35. The van der Waals surface area contributed by atoms with Crippen molar-refractivity contribution in [2.75, 3.05) is 7.11 Å². The lowest BCUT2D eigenvalue weighted by Gasteiger charge is -2.32. The summed E-state index contributed by atoms with van der Waals surface area (Å²) in [6.45, 7) is 0.142. The van der Waals surface area contributed by atoms with Crippen LogP contribution >= 0.6 is 0 Å². The van der Waals surface area contributed by atoms with Gasteiger partial charge in [0.05, 0.1) is 18.9 Å². The summed E-state index contributed by atoms with van der Waals surface area (Å²) in [7, 11) is 1.61. The molecule has 2 heterocycles. The number of hydrogen-bond donors (Lipinski definition) is 1. The van der Waals surface area contributed by atoms with Crippen molar-refractivity contribution in [3.05, 3.63) is 78.3 Å². The third-order valence-electron chi connectivity index (χ3n) is 6.86. The quantitative estimate of drug-likeness (QED) is 0.368. The summed E-state index contributed by atoms with van der Waals surface area (Å²) in [5, 5.41) is 11.5. The van der Waals surface area contributed by atoms with Crippen LogP contribution in [-0.4, -0.2) is 44.9 Å². The smallest absolute Gasteiger partial charge is 0.250 e. The van der Waals surface area contributed by atoms with Crippen molar-refractivity contribution in [1.29, 1.82) is 0 Å². The van der Waals surface area contributed by atoms with Crippen molar-refractivity contribution >= 4 is 22.8 Å². The van der Waals surface area contributed by atoms with E-state index in [9.17, 15) is 9.59 Å².